The number of halogens is 1. The Bertz CT molecular complexity index is 815. The van der Waals surface area contributed by atoms with Crippen molar-refractivity contribution in [3.63, 3.8) is 0 Å². The van der Waals surface area contributed by atoms with E-state index in [0.717, 1.165) is 10.9 Å². The maximum Gasteiger partial charge on any atom is 0.258 e. The third kappa shape index (κ3) is 4.24. The number of ether oxygens (including phenoxy) is 1. The lowest BCUT2D eigenvalue weighted by Gasteiger charge is -2.08. The molecular formula is C19H16ClNO2. The second kappa shape index (κ2) is 7.16. The van der Waals surface area contributed by atoms with Gasteiger partial charge in [-0.15, -0.1) is 0 Å². The van der Waals surface area contributed by atoms with Crippen LogP contribution in [0.25, 0.3) is 10.8 Å². The smallest absolute Gasteiger partial charge is 0.258 e. The molecule has 0 saturated carbocycles. The van der Waals surface area contributed by atoms with Crippen molar-refractivity contribution in [1.29, 1.82) is 0 Å². The van der Waals surface area contributed by atoms with Gasteiger partial charge in [0.25, 0.3) is 5.91 Å². The standard InChI is InChI=1S/C19H16ClNO2/c20-17-7-9-18(10-8-17)23-13-19(22)21-12-14-5-6-15-3-1-2-4-16(15)11-14/h1-11H,12-13H2,(H,21,22). The first kappa shape index (κ1) is 15.4. The summed E-state index contributed by atoms with van der Waals surface area (Å²) in [5, 5.41) is 5.84. The van der Waals surface area contributed by atoms with Gasteiger partial charge in [0.15, 0.2) is 6.61 Å². The molecule has 0 fully saturated rings. The lowest BCUT2D eigenvalue weighted by Crippen LogP contribution is -2.28. The van der Waals surface area contributed by atoms with E-state index in [1.807, 2.05) is 18.2 Å². The van der Waals surface area contributed by atoms with E-state index in [4.69, 9.17) is 16.3 Å². The molecule has 1 N–H and O–H groups in total. The van der Waals surface area contributed by atoms with Gasteiger partial charge in [-0.3, -0.25) is 4.79 Å². The van der Waals surface area contributed by atoms with E-state index in [1.54, 1.807) is 24.3 Å². The number of hydrogen-bond acceptors (Lipinski definition) is 2. The Hall–Kier alpha value is -2.52. The first-order valence-corrected chi connectivity index (χ1v) is 7.71. The molecule has 0 saturated heterocycles. The van der Waals surface area contributed by atoms with E-state index in [9.17, 15) is 4.79 Å². The fourth-order valence-corrected chi connectivity index (χ4v) is 2.41. The average molecular weight is 326 g/mol. The average Bonchev–Trinajstić information content (AvgIpc) is 2.59. The van der Waals surface area contributed by atoms with Crippen molar-refractivity contribution in [1.82, 2.24) is 5.32 Å². The van der Waals surface area contributed by atoms with Crippen LogP contribution in [0.2, 0.25) is 5.02 Å². The first-order valence-electron chi connectivity index (χ1n) is 7.33. The molecule has 0 radical (unpaired) electrons. The van der Waals surface area contributed by atoms with Crippen LogP contribution in [0.15, 0.2) is 66.7 Å². The first-order chi connectivity index (χ1) is 11.2. The Morgan fingerprint density at radius 3 is 2.48 bits per heavy atom. The summed E-state index contributed by atoms with van der Waals surface area (Å²) in [5.41, 5.74) is 1.06. The summed E-state index contributed by atoms with van der Waals surface area (Å²) in [6.45, 7) is 0.461. The highest BCUT2D eigenvalue weighted by Crippen LogP contribution is 2.16. The molecule has 1 amide bonds. The summed E-state index contributed by atoms with van der Waals surface area (Å²) in [5.74, 6) is 0.461. The van der Waals surface area contributed by atoms with Crippen molar-refractivity contribution in [3.8, 4) is 5.75 Å². The van der Waals surface area contributed by atoms with Gasteiger partial charge in [0.05, 0.1) is 0 Å². The number of carbonyl (C=O) groups is 1. The Morgan fingerprint density at radius 2 is 1.70 bits per heavy atom. The van der Waals surface area contributed by atoms with Crippen LogP contribution >= 0.6 is 11.6 Å². The zero-order chi connectivity index (χ0) is 16.1. The highest BCUT2D eigenvalue weighted by Gasteiger charge is 2.03. The minimum absolute atomic E-state index is 0.0186. The van der Waals surface area contributed by atoms with E-state index in [1.165, 1.54) is 5.39 Å². The van der Waals surface area contributed by atoms with E-state index < -0.39 is 0 Å². The molecule has 0 aliphatic heterocycles. The van der Waals surface area contributed by atoms with E-state index in [2.05, 4.69) is 29.6 Å². The lowest BCUT2D eigenvalue weighted by atomic mass is 10.1. The third-order valence-electron chi connectivity index (χ3n) is 3.49. The molecule has 0 atom stereocenters. The van der Waals surface area contributed by atoms with Gasteiger partial charge in [0, 0.05) is 11.6 Å². The van der Waals surface area contributed by atoms with Crippen LogP contribution in [0.4, 0.5) is 0 Å². The lowest BCUT2D eigenvalue weighted by molar-refractivity contribution is -0.123. The summed E-state index contributed by atoms with van der Waals surface area (Å²) < 4.78 is 5.41. The number of benzene rings is 3. The predicted octanol–water partition coefficient (Wildman–Crippen LogP) is 4.19. The molecule has 0 aromatic heterocycles. The van der Waals surface area contributed by atoms with E-state index in [0.29, 0.717) is 17.3 Å². The molecule has 0 heterocycles. The molecule has 0 spiro atoms. The zero-order valence-corrected chi connectivity index (χ0v) is 13.2. The molecule has 0 aliphatic carbocycles. The maximum absolute atomic E-state index is 11.9. The molecule has 0 bridgehead atoms. The third-order valence-corrected chi connectivity index (χ3v) is 3.74. The van der Waals surface area contributed by atoms with Crippen molar-refractivity contribution >= 4 is 28.3 Å². The highest BCUT2D eigenvalue weighted by molar-refractivity contribution is 6.30. The van der Waals surface area contributed by atoms with Crippen LogP contribution in [0.3, 0.4) is 0 Å². The van der Waals surface area contributed by atoms with Crippen LogP contribution in [-0.4, -0.2) is 12.5 Å². The predicted molar refractivity (Wildman–Crippen MR) is 92.7 cm³/mol. The quantitative estimate of drug-likeness (QED) is 0.764. The fourth-order valence-electron chi connectivity index (χ4n) is 2.28. The zero-order valence-electron chi connectivity index (χ0n) is 12.5. The number of hydrogen-bond donors (Lipinski definition) is 1. The summed E-state index contributed by atoms with van der Waals surface area (Å²) in [6.07, 6.45) is 0. The Kier molecular flexibility index (Phi) is 4.79. The van der Waals surface area contributed by atoms with Crippen LogP contribution in [-0.2, 0) is 11.3 Å². The van der Waals surface area contributed by atoms with Crippen LogP contribution in [0, 0.1) is 0 Å². The summed E-state index contributed by atoms with van der Waals surface area (Å²) in [6, 6.07) is 21.2. The van der Waals surface area contributed by atoms with Gasteiger partial charge in [0.2, 0.25) is 0 Å². The molecule has 0 aliphatic rings. The van der Waals surface area contributed by atoms with Crippen molar-refractivity contribution in [2.45, 2.75) is 6.54 Å². The SMILES string of the molecule is O=C(COc1ccc(Cl)cc1)NCc1ccc2ccccc2c1. The number of amides is 1. The number of carbonyl (C=O) groups excluding carboxylic acids is 1. The van der Waals surface area contributed by atoms with Gasteiger partial charge in [0.1, 0.15) is 5.75 Å². The summed E-state index contributed by atoms with van der Waals surface area (Å²) in [7, 11) is 0. The number of fused-ring (bicyclic) bond motifs is 1. The van der Waals surface area contributed by atoms with Crippen LogP contribution < -0.4 is 10.1 Å². The van der Waals surface area contributed by atoms with Crippen LogP contribution in [0.1, 0.15) is 5.56 Å². The normalized spacial score (nSPS) is 10.5. The molecule has 116 valence electrons. The van der Waals surface area contributed by atoms with Gasteiger partial charge >= 0.3 is 0 Å². The van der Waals surface area contributed by atoms with Crippen molar-refractivity contribution in [2.24, 2.45) is 0 Å². The number of nitrogens with one attached hydrogen (secondary N) is 1. The molecule has 23 heavy (non-hydrogen) atoms. The van der Waals surface area contributed by atoms with Crippen molar-refractivity contribution in [3.05, 3.63) is 77.3 Å². The van der Waals surface area contributed by atoms with Gasteiger partial charge in [-0.1, -0.05) is 48.0 Å². The molecular weight excluding hydrogens is 310 g/mol. The monoisotopic (exact) mass is 325 g/mol. The largest absolute Gasteiger partial charge is 0.484 e. The van der Waals surface area contributed by atoms with Gasteiger partial charge in [-0.05, 0) is 46.7 Å². The molecule has 3 aromatic carbocycles. The maximum atomic E-state index is 11.9. The van der Waals surface area contributed by atoms with Gasteiger partial charge in [-0.25, -0.2) is 0 Å². The number of rotatable bonds is 5. The van der Waals surface area contributed by atoms with E-state index >= 15 is 0 Å². The molecule has 3 rings (SSSR count). The van der Waals surface area contributed by atoms with Gasteiger partial charge < -0.3 is 10.1 Å². The highest BCUT2D eigenvalue weighted by atomic mass is 35.5. The Labute approximate surface area is 139 Å². The topological polar surface area (TPSA) is 38.3 Å². The molecule has 3 aromatic rings. The summed E-state index contributed by atoms with van der Waals surface area (Å²) in [4.78, 5) is 11.9. The van der Waals surface area contributed by atoms with Crippen molar-refractivity contribution < 1.29 is 9.53 Å². The minimum atomic E-state index is -0.159. The Balaban J connectivity index is 1.52. The molecule has 4 heteroatoms. The second-order valence-corrected chi connectivity index (χ2v) is 5.64. The van der Waals surface area contributed by atoms with Gasteiger partial charge in [-0.2, -0.15) is 0 Å². The Morgan fingerprint density at radius 1 is 0.957 bits per heavy atom. The second-order valence-electron chi connectivity index (χ2n) is 5.20. The molecule has 3 nitrogen and oxygen atoms in total. The molecule has 0 unspecified atom stereocenters. The summed E-state index contributed by atoms with van der Waals surface area (Å²) >= 11 is 5.80. The minimum Gasteiger partial charge on any atom is -0.484 e. The van der Waals surface area contributed by atoms with E-state index in [-0.39, 0.29) is 12.5 Å². The van der Waals surface area contributed by atoms with Crippen molar-refractivity contribution in [2.75, 3.05) is 6.61 Å². The fraction of sp³-hybridized carbons (Fsp3) is 0.105. The van der Waals surface area contributed by atoms with Crippen LogP contribution in [0.5, 0.6) is 5.75 Å².